The molecule has 1 N–H and O–H groups in total. The van der Waals surface area contributed by atoms with Gasteiger partial charge in [-0.1, -0.05) is 18.5 Å². The molecule has 0 bridgehead atoms. The third-order valence-corrected chi connectivity index (χ3v) is 4.03. The lowest BCUT2D eigenvalue weighted by Gasteiger charge is -2.17. The predicted molar refractivity (Wildman–Crippen MR) is 73.4 cm³/mol. The Kier molecular flexibility index (Phi) is 4.32. The summed E-state index contributed by atoms with van der Waals surface area (Å²) in [4.78, 5) is 24.4. The molecule has 1 unspecified atom stereocenters. The van der Waals surface area contributed by atoms with Gasteiger partial charge in [0.25, 0.3) is 0 Å². The maximum absolute atomic E-state index is 11.9. The minimum absolute atomic E-state index is 0.0633. The summed E-state index contributed by atoms with van der Waals surface area (Å²) in [6.07, 6.45) is 0.790. The van der Waals surface area contributed by atoms with Gasteiger partial charge in [0.15, 0.2) is 0 Å². The Bertz CT molecular complexity index is 541. The van der Waals surface area contributed by atoms with Gasteiger partial charge >= 0.3 is 5.97 Å². The van der Waals surface area contributed by atoms with E-state index in [0.29, 0.717) is 18.1 Å². The van der Waals surface area contributed by atoms with Crippen LogP contribution in [0.5, 0.6) is 0 Å². The Hall–Kier alpha value is -1.56. The highest BCUT2D eigenvalue weighted by Gasteiger charge is 2.35. The van der Waals surface area contributed by atoms with Crippen molar-refractivity contribution in [3.63, 3.8) is 0 Å². The van der Waals surface area contributed by atoms with Gasteiger partial charge in [-0.3, -0.25) is 14.3 Å². The van der Waals surface area contributed by atoms with Gasteiger partial charge in [-0.15, -0.1) is 0 Å². The maximum Gasteiger partial charge on any atom is 0.308 e. The van der Waals surface area contributed by atoms with Crippen molar-refractivity contribution < 1.29 is 14.7 Å². The normalized spacial score (nSPS) is 18.9. The first-order valence-corrected chi connectivity index (χ1v) is 7.10. The van der Waals surface area contributed by atoms with Gasteiger partial charge in [0.1, 0.15) is 0 Å². The molecule has 20 heavy (non-hydrogen) atoms. The van der Waals surface area contributed by atoms with Crippen molar-refractivity contribution in [3.8, 4) is 0 Å². The number of carboxylic acid groups (broad SMARTS) is 1. The van der Waals surface area contributed by atoms with Crippen LogP contribution < -0.4 is 0 Å². The van der Waals surface area contributed by atoms with Crippen molar-refractivity contribution in [1.82, 2.24) is 14.7 Å². The standard InChI is InChI=1S/C13H18ClN3O3/c1-3-9-12(14)10(17(4-2)15-9)7-16-6-8(13(19)20)5-11(16)18/h8H,3-7H2,1-2H3,(H,19,20). The number of carboxylic acids is 1. The summed E-state index contributed by atoms with van der Waals surface area (Å²) in [6.45, 7) is 5.15. The van der Waals surface area contributed by atoms with Gasteiger partial charge in [-0.05, 0) is 13.3 Å². The number of nitrogens with zero attached hydrogens (tertiary/aromatic N) is 3. The van der Waals surface area contributed by atoms with Crippen LogP contribution in [0.3, 0.4) is 0 Å². The van der Waals surface area contributed by atoms with Gasteiger partial charge in [0.2, 0.25) is 5.91 Å². The fourth-order valence-corrected chi connectivity index (χ4v) is 2.77. The van der Waals surface area contributed by atoms with E-state index in [9.17, 15) is 9.59 Å². The van der Waals surface area contributed by atoms with Crippen molar-refractivity contribution >= 4 is 23.5 Å². The zero-order valence-corrected chi connectivity index (χ0v) is 12.4. The van der Waals surface area contributed by atoms with E-state index in [2.05, 4.69) is 5.10 Å². The first-order valence-electron chi connectivity index (χ1n) is 6.72. The van der Waals surface area contributed by atoms with E-state index in [1.165, 1.54) is 0 Å². The molecule has 6 nitrogen and oxygen atoms in total. The zero-order valence-electron chi connectivity index (χ0n) is 11.6. The van der Waals surface area contributed by atoms with E-state index in [1.54, 1.807) is 9.58 Å². The molecule has 0 aromatic carbocycles. The van der Waals surface area contributed by atoms with Crippen LogP contribution in [-0.4, -0.2) is 38.2 Å². The molecule has 1 atom stereocenters. The van der Waals surface area contributed by atoms with Crippen LogP contribution in [0.2, 0.25) is 5.02 Å². The predicted octanol–water partition coefficient (Wildman–Crippen LogP) is 1.55. The van der Waals surface area contributed by atoms with E-state index >= 15 is 0 Å². The average Bonchev–Trinajstić information content (AvgIpc) is 2.93. The maximum atomic E-state index is 11.9. The number of aromatic nitrogens is 2. The molecule has 7 heteroatoms. The van der Waals surface area contributed by atoms with Crippen LogP contribution in [0.1, 0.15) is 31.7 Å². The van der Waals surface area contributed by atoms with Crippen molar-refractivity contribution in [1.29, 1.82) is 0 Å². The number of aryl methyl sites for hydroxylation is 2. The smallest absolute Gasteiger partial charge is 0.308 e. The highest BCUT2D eigenvalue weighted by molar-refractivity contribution is 6.31. The Morgan fingerprint density at radius 3 is 2.70 bits per heavy atom. The van der Waals surface area contributed by atoms with E-state index in [-0.39, 0.29) is 18.9 Å². The second kappa shape index (κ2) is 5.83. The molecular formula is C13H18ClN3O3. The number of aliphatic carboxylic acids is 1. The molecule has 110 valence electrons. The minimum atomic E-state index is -0.926. The topological polar surface area (TPSA) is 75.4 Å². The van der Waals surface area contributed by atoms with Crippen LogP contribution >= 0.6 is 11.6 Å². The zero-order chi connectivity index (χ0) is 14.9. The van der Waals surface area contributed by atoms with Crippen LogP contribution in [-0.2, 0) is 29.1 Å². The number of carbonyl (C=O) groups excluding carboxylic acids is 1. The fraction of sp³-hybridized carbons (Fsp3) is 0.615. The van der Waals surface area contributed by atoms with E-state index < -0.39 is 11.9 Å². The molecule has 1 aromatic heterocycles. The average molecular weight is 300 g/mol. The molecule has 2 heterocycles. The van der Waals surface area contributed by atoms with Gasteiger partial charge in [0, 0.05) is 19.5 Å². The van der Waals surface area contributed by atoms with Crippen LogP contribution in [0.25, 0.3) is 0 Å². The molecule has 0 spiro atoms. The molecule has 1 aromatic rings. The lowest BCUT2D eigenvalue weighted by molar-refractivity contribution is -0.141. The molecule has 1 amide bonds. The van der Waals surface area contributed by atoms with Gasteiger partial charge in [-0.2, -0.15) is 5.10 Å². The third kappa shape index (κ3) is 2.65. The number of halogens is 1. The SMILES string of the molecule is CCc1nn(CC)c(CN2CC(C(=O)O)CC2=O)c1Cl. The molecule has 1 saturated heterocycles. The molecular weight excluding hydrogens is 282 g/mol. The highest BCUT2D eigenvalue weighted by Crippen LogP contribution is 2.26. The summed E-state index contributed by atoms with van der Waals surface area (Å²) in [5.74, 6) is -1.69. The Balaban J connectivity index is 2.20. The fourth-order valence-electron chi connectivity index (χ4n) is 2.44. The summed E-state index contributed by atoms with van der Waals surface area (Å²) in [7, 11) is 0. The summed E-state index contributed by atoms with van der Waals surface area (Å²) in [5, 5.41) is 14.0. The molecule has 1 fully saturated rings. The Labute approximate surface area is 122 Å². The van der Waals surface area contributed by atoms with Crippen LogP contribution in [0.4, 0.5) is 0 Å². The quantitative estimate of drug-likeness (QED) is 0.895. The molecule has 0 radical (unpaired) electrons. The Morgan fingerprint density at radius 2 is 2.20 bits per heavy atom. The monoisotopic (exact) mass is 299 g/mol. The number of likely N-dealkylation sites (tertiary alicyclic amines) is 1. The van der Waals surface area contributed by atoms with E-state index in [0.717, 1.165) is 17.8 Å². The summed E-state index contributed by atoms with van der Waals surface area (Å²) < 4.78 is 1.78. The first kappa shape index (κ1) is 14.8. The second-order valence-electron chi connectivity index (χ2n) is 4.89. The van der Waals surface area contributed by atoms with Gasteiger partial charge in [0.05, 0.1) is 28.9 Å². The summed E-state index contributed by atoms with van der Waals surface area (Å²) in [6, 6.07) is 0. The number of hydrogen-bond acceptors (Lipinski definition) is 3. The number of hydrogen-bond donors (Lipinski definition) is 1. The largest absolute Gasteiger partial charge is 0.481 e. The number of carbonyl (C=O) groups is 2. The summed E-state index contributed by atoms with van der Waals surface area (Å²) in [5.41, 5.74) is 1.59. The summed E-state index contributed by atoms with van der Waals surface area (Å²) >= 11 is 6.30. The van der Waals surface area contributed by atoms with Crippen molar-refractivity contribution in [2.75, 3.05) is 6.54 Å². The first-order chi connectivity index (χ1) is 9.47. The highest BCUT2D eigenvalue weighted by atomic mass is 35.5. The number of amides is 1. The molecule has 0 aliphatic carbocycles. The molecule has 2 rings (SSSR count). The third-order valence-electron chi connectivity index (χ3n) is 3.60. The van der Waals surface area contributed by atoms with E-state index in [4.69, 9.17) is 16.7 Å². The van der Waals surface area contributed by atoms with Crippen LogP contribution in [0, 0.1) is 5.92 Å². The van der Waals surface area contributed by atoms with Crippen molar-refractivity contribution in [2.24, 2.45) is 5.92 Å². The number of rotatable bonds is 5. The Morgan fingerprint density at radius 1 is 1.50 bits per heavy atom. The second-order valence-corrected chi connectivity index (χ2v) is 5.27. The lowest BCUT2D eigenvalue weighted by Crippen LogP contribution is -2.27. The molecule has 0 saturated carbocycles. The van der Waals surface area contributed by atoms with Gasteiger partial charge in [-0.25, -0.2) is 0 Å². The molecule has 1 aliphatic rings. The molecule has 1 aliphatic heterocycles. The van der Waals surface area contributed by atoms with Crippen molar-refractivity contribution in [2.45, 2.75) is 39.8 Å². The van der Waals surface area contributed by atoms with E-state index in [1.807, 2.05) is 13.8 Å². The van der Waals surface area contributed by atoms with Crippen LogP contribution in [0.15, 0.2) is 0 Å². The van der Waals surface area contributed by atoms with Gasteiger partial charge < -0.3 is 10.0 Å². The van der Waals surface area contributed by atoms with Crippen molar-refractivity contribution in [3.05, 3.63) is 16.4 Å². The lowest BCUT2D eigenvalue weighted by atomic mass is 10.1. The minimum Gasteiger partial charge on any atom is -0.481 e.